The molecule has 4 heteroatoms. The van der Waals surface area contributed by atoms with Crippen LogP contribution in [0.2, 0.25) is 0 Å². The Labute approximate surface area is 96.0 Å². The average molecular weight is 268 g/mol. The Hall–Kier alpha value is -1.29. The highest BCUT2D eigenvalue weighted by molar-refractivity contribution is 9.10. The predicted molar refractivity (Wildman–Crippen MR) is 61.5 cm³/mol. The highest BCUT2D eigenvalue weighted by Gasteiger charge is 2.18. The predicted octanol–water partition coefficient (Wildman–Crippen LogP) is 2.52. The molecule has 0 amide bonds. The molecule has 15 heavy (non-hydrogen) atoms. The van der Waals surface area contributed by atoms with Crippen LogP contribution in [0.3, 0.4) is 0 Å². The summed E-state index contributed by atoms with van der Waals surface area (Å²) in [5.41, 5.74) is 6.71. The van der Waals surface area contributed by atoms with Crippen LogP contribution < -0.4 is 5.73 Å². The molecule has 2 rings (SSSR count). The lowest BCUT2D eigenvalue weighted by molar-refractivity contribution is 0.0943. The molecule has 0 bridgehead atoms. The number of nitrogen functional groups attached to an aromatic ring is 1. The molecule has 0 aliphatic carbocycles. The van der Waals surface area contributed by atoms with E-state index in [1.807, 2.05) is 0 Å². The van der Waals surface area contributed by atoms with Crippen LogP contribution in [0.5, 0.6) is 0 Å². The van der Waals surface area contributed by atoms with Gasteiger partial charge in [0.1, 0.15) is 0 Å². The molecule has 0 aromatic heterocycles. The first kappa shape index (κ1) is 10.2. The first-order valence-electron chi connectivity index (χ1n) is 4.61. The number of allylic oxidation sites excluding steroid dienone is 1. The van der Waals surface area contributed by atoms with Crippen molar-refractivity contribution in [2.75, 3.05) is 12.3 Å². The fourth-order valence-corrected chi connectivity index (χ4v) is 1.83. The standard InChI is InChI=1S/C11H10BrNO2/c12-7-3-4-8(9(13)6-7)11(14)10-2-1-5-15-10/h2-4,6H,1,5,13H2. The number of hydrogen-bond acceptors (Lipinski definition) is 3. The zero-order valence-corrected chi connectivity index (χ0v) is 9.58. The SMILES string of the molecule is Nc1cc(Br)ccc1C(=O)C1=CCCO1. The van der Waals surface area contributed by atoms with Gasteiger partial charge in [0.05, 0.1) is 6.61 Å². The quantitative estimate of drug-likeness (QED) is 0.662. The van der Waals surface area contributed by atoms with Crippen molar-refractivity contribution in [3.63, 3.8) is 0 Å². The topological polar surface area (TPSA) is 52.3 Å². The van der Waals surface area contributed by atoms with E-state index >= 15 is 0 Å². The first-order valence-corrected chi connectivity index (χ1v) is 5.40. The Morgan fingerprint density at radius 1 is 1.47 bits per heavy atom. The van der Waals surface area contributed by atoms with Crippen molar-refractivity contribution in [3.8, 4) is 0 Å². The summed E-state index contributed by atoms with van der Waals surface area (Å²) in [6, 6.07) is 5.20. The zero-order chi connectivity index (χ0) is 10.8. The molecule has 1 aliphatic rings. The summed E-state index contributed by atoms with van der Waals surface area (Å²) in [6.45, 7) is 0.581. The number of nitrogens with two attached hydrogens (primary N) is 1. The normalized spacial score (nSPS) is 14.6. The Bertz CT molecular complexity index is 440. The van der Waals surface area contributed by atoms with Crippen molar-refractivity contribution < 1.29 is 9.53 Å². The van der Waals surface area contributed by atoms with Crippen LogP contribution in [-0.2, 0) is 4.74 Å². The van der Waals surface area contributed by atoms with Gasteiger partial charge in [-0.15, -0.1) is 0 Å². The molecule has 0 saturated carbocycles. The van der Waals surface area contributed by atoms with Gasteiger partial charge in [0.15, 0.2) is 5.76 Å². The van der Waals surface area contributed by atoms with Gasteiger partial charge in [-0.05, 0) is 24.3 Å². The van der Waals surface area contributed by atoms with E-state index in [-0.39, 0.29) is 5.78 Å². The van der Waals surface area contributed by atoms with Crippen molar-refractivity contribution in [2.45, 2.75) is 6.42 Å². The molecule has 1 heterocycles. The first-order chi connectivity index (χ1) is 7.18. The molecule has 2 N–H and O–H groups in total. The summed E-state index contributed by atoms with van der Waals surface area (Å²) >= 11 is 3.29. The summed E-state index contributed by atoms with van der Waals surface area (Å²) in [6.07, 6.45) is 2.58. The van der Waals surface area contributed by atoms with Crippen molar-refractivity contribution in [1.82, 2.24) is 0 Å². The lowest BCUT2D eigenvalue weighted by Crippen LogP contribution is -2.07. The van der Waals surface area contributed by atoms with Gasteiger partial charge in [0.2, 0.25) is 5.78 Å². The van der Waals surface area contributed by atoms with E-state index in [9.17, 15) is 4.79 Å². The number of anilines is 1. The summed E-state index contributed by atoms with van der Waals surface area (Å²) < 4.78 is 6.06. The molecule has 0 unspecified atom stereocenters. The molecule has 1 aromatic rings. The summed E-state index contributed by atoms with van der Waals surface area (Å²) in [5, 5.41) is 0. The second-order valence-electron chi connectivity index (χ2n) is 3.27. The number of ether oxygens (including phenoxy) is 1. The minimum absolute atomic E-state index is 0.141. The highest BCUT2D eigenvalue weighted by Crippen LogP contribution is 2.23. The third kappa shape index (κ3) is 2.04. The van der Waals surface area contributed by atoms with Crippen LogP contribution in [-0.4, -0.2) is 12.4 Å². The number of rotatable bonds is 2. The number of benzene rings is 1. The van der Waals surface area contributed by atoms with E-state index in [2.05, 4.69) is 15.9 Å². The number of hydrogen-bond donors (Lipinski definition) is 1. The third-order valence-electron chi connectivity index (χ3n) is 2.19. The van der Waals surface area contributed by atoms with E-state index in [0.717, 1.165) is 10.9 Å². The average Bonchev–Trinajstić information content (AvgIpc) is 2.69. The van der Waals surface area contributed by atoms with Crippen LogP contribution >= 0.6 is 15.9 Å². The molecule has 3 nitrogen and oxygen atoms in total. The van der Waals surface area contributed by atoms with Crippen molar-refractivity contribution in [2.24, 2.45) is 0 Å². The fraction of sp³-hybridized carbons (Fsp3) is 0.182. The van der Waals surface area contributed by atoms with Gasteiger partial charge in [-0.2, -0.15) is 0 Å². The van der Waals surface area contributed by atoms with Gasteiger partial charge in [-0.3, -0.25) is 4.79 Å². The second-order valence-corrected chi connectivity index (χ2v) is 4.18. The lowest BCUT2D eigenvalue weighted by atomic mass is 10.1. The zero-order valence-electron chi connectivity index (χ0n) is 8.00. The van der Waals surface area contributed by atoms with Crippen LogP contribution in [0, 0.1) is 0 Å². The Morgan fingerprint density at radius 2 is 2.27 bits per heavy atom. The Kier molecular flexibility index (Phi) is 2.77. The van der Waals surface area contributed by atoms with E-state index in [0.29, 0.717) is 23.6 Å². The number of Topliss-reactive ketones (excluding diaryl/α,β-unsaturated/α-hetero) is 1. The minimum atomic E-state index is -0.141. The van der Waals surface area contributed by atoms with Gasteiger partial charge in [0.25, 0.3) is 0 Å². The number of carbonyl (C=O) groups is 1. The van der Waals surface area contributed by atoms with E-state index in [1.54, 1.807) is 24.3 Å². The fourth-order valence-electron chi connectivity index (χ4n) is 1.45. The van der Waals surface area contributed by atoms with E-state index in [1.165, 1.54) is 0 Å². The van der Waals surface area contributed by atoms with Crippen LogP contribution in [0.15, 0.2) is 34.5 Å². The van der Waals surface area contributed by atoms with Crippen molar-refractivity contribution in [3.05, 3.63) is 40.1 Å². The Balaban J connectivity index is 2.33. The van der Waals surface area contributed by atoms with E-state index < -0.39 is 0 Å². The molecular weight excluding hydrogens is 258 g/mol. The van der Waals surface area contributed by atoms with E-state index in [4.69, 9.17) is 10.5 Å². The number of ketones is 1. The smallest absolute Gasteiger partial charge is 0.229 e. The molecule has 0 saturated heterocycles. The van der Waals surface area contributed by atoms with Gasteiger partial charge < -0.3 is 10.5 Å². The number of halogens is 1. The maximum atomic E-state index is 11.9. The molecule has 0 spiro atoms. The largest absolute Gasteiger partial charge is 0.489 e. The molecule has 0 atom stereocenters. The van der Waals surface area contributed by atoms with Crippen molar-refractivity contribution in [1.29, 1.82) is 0 Å². The van der Waals surface area contributed by atoms with Crippen LogP contribution in [0.1, 0.15) is 16.8 Å². The summed E-state index contributed by atoms with van der Waals surface area (Å²) in [5.74, 6) is 0.265. The van der Waals surface area contributed by atoms with Gasteiger partial charge in [0, 0.05) is 22.1 Å². The summed E-state index contributed by atoms with van der Waals surface area (Å²) in [7, 11) is 0. The molecule has 0 fully saturated rings. The highest BCUT2D eigenvalue weighted by atomic mass is 79.9. The lowest BCUT2D eigenvalue weighted by Gasteiger charge is -2.06. The van der Waals surface area contributed by atoms with Crippen molar-refractivity contribution >= 4 is 27.4 Å². The Morgan fingerprint density at radius 3 is 2.87 bits per heavy atom. The van der Waals surface area contributed by atoms with Gasteiger partial charge in [-0.1, -0.05) is 15.9 Å². The van der Waals surface area contributed by atoms with Crippen LogP contribution in [0.25, 0.3) is 0 Å². The summed E-state index contributed by atoms with van der Waals surface area (Å²) in [4.78, 5) is 11.9. The molecule has 0 radical (unpaired) electrons. The maximum absolute atomic E-state index is 11.9. The molecule has 1 aromatic carbocycles. The molecule has 78 valence electrons. The minimum Gasteiger partial charge on any atom is -0.489 e. The number of carbonyl (C=O) groups excluding carboxylic acids is 1. The third-order valence-corrected chi connectivity index (χ3v) is 2.68. The maximum Gasteiger partial charge on any atom is 0.229 e. The molecule has 1 aliphatic heterocycles. The van der Waals surface area contributed by atoms with Gasteiger partial charge in [-0.25, -0.2) is 0 Å². The van der Waals surface area contributed by atoms with Gasteiger partial charge >= 0.3 is 0 Å². The molecular formula is C11H10BrNO2. The van der Waals surface area contributed by atoms with Crippen LogP contribution in [0.4, 0.5) is 5.69 Å². The second kappa shape index (κ2) is 4.06. The monoisotopic (exact) mass is 267 g/mol.